The van der Waals surface area contributed by atoms with Gasteiger partial charge >= 0.3 is 0 Å². The van der Waals surface area contributed by atoms with Gasteiger partial charge in [-0.25, -0.2) is 0 Å². The molecule has 0 bridgehead atoms. The molecule has 0 amide bonds. The Morgan fingerprint density at radius 1 is 1.50 bits per heavy atom. The topological polar surface area (TPSA) is 66.5 Å². The number of aliphatic hydroxyl groups is 1. The van der Waals surface area contributed by atoms with E-state index in [9.17, 15) is 5.11 Å². The van der Waals surface area contributed by atoms with Crippen LogP contribution in [0.4, 0.5) is 0 Å². The standard InChI is InChI=1S/C12H17NO2S/c1-8(5-12(13)16)4-9-2-3-11(15)10(6-9)7-14/h2-3,6,8,14-15H,4-5,7H2,1H3,(H2,13,16). The van der Waals surface area contributed by atoms with Gasteiger partial charge < -0.3 is 15.9 Å². The molecule has 0 saturated carbocycles. The Hall–Kier alpha value is -1.13. The summed E-state index contributed by atoms with van der Waals surface area (Å²) in [6.45, 7) is 1.92. The minimum Gasteiger partial charge on any atom is -0.508 e. The lowest BCUT2D eigenvalue weighted by atomic mass is 9.97. The Kier molecular flexibility index (Phi) is 4.71. The van der Waals surface area contributed by atoms with E-state index in [1.807, 2.05) is 12.1 Å². The second-order valence-corrected chi connectivity index (χ2v) is 4.63. The van der Waals surface area contributed by atoms with Gasteiger partial charge in [-0.15, -0.1) is 0 Å². The predicted molar refractivity (Wildman–Crippen MR) is 68.3 cm³/mol. The van der Waals surface area contributed by atoms with Crippen molar-refractivity contribution in [1.29, 1.82) is 0 Å². The van der Waals surface area contributed by atoms with Crippen molar-refractivity contribution >= 4 is 17.2 Å². The van der Waals surface area contributed by atoms with Gasteiger partial charge in [-0.1, -0.05) is 25.2 Å². The lowest BCUT2D eigenvalue weighted by molar-refractivity contribution is 0.275. The van der Waals surface area contributed by atoms with Crippen LogP contribution >= 0.6 is 12.2 Å². The van der Waals surface area contributed by atoms with Crippen molar-refractivity contribution in [2.24, 2.45) is 11.7 Å². The molecular formula is C12H17NO2S. The molecule has 0 aliphatic heterocycles. The van der Waals surface area contributed by atoms with Crippen molar-refractivity contribution in [1.82, 2.24) is 0 Å². The highest BCUT2D eigenvalue weighted by Gasteiger charge is 2.07. The van der Waals surface area contributed by atoms with Gasteiger partial charge in [0, 0.05) is 12.0 Å². The van der Waals surface area contributed by atoms with Crippen LogP contribution in [0.25, 0.3) is 0 Å². The van der Waals surface area contributed by atoms with E-state index < -0.39 is 0 Å². The smallest absolute Gasteiger partial charge is 0.121 e. The summed E-state index contributed by atoms with van der Waals surface area (Å²) in [5, 5.41) is 18.4. The highest BCUT2D eigenvalue weighted by Crippen LogP contribution is 2.21. The van der Waals surface area contributed by atoms with E-state index in [1.54, 1.807) is 6.07 Å². The number of benzene rings is 1. The van der Waals surface area contributed by atoms with E-state index >= 15 is 0 Å². The minimum absolute atomic E-state index is 0.133. The van der Waals surface area contributed by atoms with Crippen LogP contribution in [-0.4, -0.2) is 15.2 Å². The summed E-state index contributed by atoms with van der Waals surface area (Å²) < 4.78 is 0. The van der Waals surface area contributed by atoms with Gasteiger partial charge in [0.25, 0.3) is 0 Å². The Bertz CT molecular complexity index is 379. The van der Waals surface area contributed by atoms with Crippen LogP contribution in [0.15, 0.2) is 18.2 Å². The third-order valence-electron chi connectivity index (χ3n) is 2.45. The van der Waals surface area contributed by atoms with E-state index in [2.05, 4.69) is 6.92 Å². The average molecular weight is 239 g/mol. The van der Waals surface area contributed by atoms with Crippen LogP contribution in [0, 0.1) is 5.92 Å². The van der Waals surface area contributed by atoms with E-state index in [0.29, 0.717) is 22.9 Å². The molecule has 0 radical (unpaired) electrons. The van der Waals surface area contributed by atoms with Crippen molar-refractivity contribution in [2.75, 3.05) is 0 Å². The van der Waals surface area contributed by atoms with E-state index in [4.69, 9.17) is 23.1 Å². The number of hydrogen-bond donors (Lipinski definition) is 3. The maximum absolute atomic E-state index is 9.41. The first-order valence-electron chi connectivity index (χ1n) is 5.23. The number of rotatable bonds is 5. The Morgan fingerprint density at radius 3 is 2.75 bits per heavy atom. The van der Waals surface area contributed by atoms with Crippen molar-refractivity contribution in [2.45, 2.75) is 26.4 Å². The van der Waals surface area contributed by atoms with Crippen LogP contribution < -0.4 is 5.73 Å². The first kappa shape index (κ1) is 12.9. The van der Waals surface area contributed by atoms with Crippen molar-refractivity contribution in [3.8, 4) is 5.75 Å². The van der Waals surface area contributed by atoms with Crippen LogP contribution in [0.3, 0.4) is 0 Å². The first-order valence-corrected chi connectivity index (χ1v) is 5.63. The van der Waals surface area contributed by atoms with E-state index in [-0.39, 0.29) is 12.4 Å². The van der Waals surface area contributed by atoms with E-state index in [0.717, 1.165) is 12.0 Å². The second-order valence-electron chi connectivity index (χ2n) is 4.10. The molecule has 1 rings (SSSR count). The molecule has 4 heteroatoms. The molecule has 0 saturated heterocycles. The van der Waals surface area contributed by atoms with Crippen LogP contribution in [0.5, 0.6) is 5.75 Å². The number of phenols is 1. The quantitative estimate of drug-likeness (QED) is 0.685. The van der Waals surface area contributed by atoms with Crippen molar-refractivity contribution in [3.05, 3.63) is 29.3 Å². The summed E-state index contributed by atoms with van der Waals surface area (Å²) in [6.07, 6.45) is 1.55. The molecule has 1 aromatic carbocycles. The van der Waals surface area contributed by atoms with Gasteiger partial charge in [0.2, 0.25) is 0 Å². The largest absolute Gasteiger partial charge is 0.508 e. The lowest BCUT2D eigenvalue weighted by Gasteiger charge is -2.11. The number of thiocarbonyl (C=S) groups is 1. The zero-order chi connectivity index (χ0) is 12.1. The summed E-state index contributed by atoms with van der Waals surface area (Å²) in [5.41, 5.74) is 7.11. The molecule has 0 aromatic heterocycles. The molecule has 1 atom stereocenters. The number of hydrogen-bond acceptors (Lipinski definition) is 3. The summed E-state index contributed by atoms with van der Waals surface area (Å²) in [5.74, 6) is 0.502. The maximum atomic E-state index is 9.41. The Morgan fingerprint density at radius 2 is 2.19 bits per heavy atom. The molecule has 4 N–H and O–H groups in total. The summed E-state index contributed by atoms with van der Waals surface area (Å²) >= 11 is 4.86. The van der Waals surface area contributed by atoms with Gasteiger partial charge in [0.05, 0.1) is 11.6 Å². The van der Waals surface area contributed by atoms with Gasteiger partial charge in [-0.2, -0.15) is 0 Å². The third kappa shape index (κ3) is 3.79. The summed E-state index contributed by atoms with van der Waals surface area (Å²) in [6, 6.07) is 5.27. The van der Waals surface area contributed by atoms with Crippen LogP contribution in [-0.2, 0) is 13.0 Å². The predicted octanol–water partition coefficient (Wildman–Crippen LogP) is 1.74. The van der Waals surface area contributed by atoms with Crippen molar-refractivity contribution < 1.29 is 10.2 Å². The molecule has 16 heavy (non-hydrogen) atoms. The SMILES string of the molecule is CC(CC(N)=S)Cc1ccc(O)c(CO)c1. The average Bonchev–Trinajstić information content (AvgIpc) is 2.19. The highest BCUT2D eigenvalue weighted by atomic mass is 32.1. The highest BCUT2D eigenvalue weighted by molar-refractivity contribution is 7.80. The zero-order valence-electron chi connectivity index (χ0n) is 9.31. The maximum Gasteiger partial charge on any atom is 0.121 e. The minimum atomic E-state index is -0.149. The lowest BCUT2D eigenvalue weighted by Crippen LogP contribution is -2.14. The molecule has 88 valence electrons. The second kappa shape index (κ2) is 5.82. The Labute approximate surface area is 101 Å². The molecule has 1 aromatic rings. The van der Waals surface area contributed by atoms with Crippen molar-refractivity contribution in [3.63, 3.8) is 0 Å². The first-order chi connectivity index (χ1) is 7.52. The van der Waals surface area contributed by atoms with Gasteiger partial charge in [0.15, 0.2) is 0 Å². The monoisotopic (exact) mass is 239 g/mol. The molecule has 0 aliphatic carbocycles. The molecule has 0 aliphatic rings. The number of aliphatic hydroxyl groups excluding tert-OH is 1. The van der Waals surface area contributed by atoms with Crippen LogP contribution in [0.2, 0.25) is 0 Å². The van der Waals surface area contributed by atoms with E-state index in [1.165, 1.54) is 0 Å². The zero-order valence-corrected chi connectivity index (χ0v) is 10.1. The van der Waals surface area contributed by atoms with Gasteiger partial charge in [0.1, 0.15) is 5.75 Å². The third-order valence-corrected chi connectivity index (χ3v) is 2.61. The van der Waals surface area contributed by atoms with Gasteiger partial charge in [-0.3, -0.25) is 0 Å². The molecule has 0 fully saturated rings. The fourth-order valence-corrected chi connectivity index (χ4v) is 1.99. The van der Waals surface area contributed by atoms with Gasteiger partial charge in [-0.05, 0) is 30.0 Å². The fraction of sp³-hybridized carbons (Fsp3) is 0.417. The molecule has 0 heterocycles. The number of nitrogens with two attached hydrogens (primary N) is 1. The number of aromatic hydroxyl groups is 1. The molecule has 0 spiro atoms. The fourth-order valence-electron chi connectivity index (χ4n) is 1.71. The van der Waals surface area contributed by atoms with Crippen LogP contribution in [0.1, 0.15) is 24.5 Å². The molecule has 1 unspecified atom stereocenters. The summed E-state index contributed by atoms with van der Waals surface area (Å²) in [4.78, 5) is 0.522. The Balaban J connectivity index is 2.70. The molecular weight excluding hydrogens is 222 g/mol. The molecule has 3 nitrogen and oxygen atoms in total. The summed E-state index contributed by atoms with van der Waals surface area (Å²) in [7, 11) is 0. The normalized spacial score (nSPS) is 12.4.